The molecular formula is C21H25FN2O5S2. The van der Waals surface area contributed by atoms with Crippen LogP contribution in [0.5, 0.6) is 5.75 Å². The van der Waals surface area contributed by atoms with E-state index in [2.05, 4.69) is 4.90 Å². The van der Waals surface area contributed by atoms with Gasteiger partial charge in [-0.2, -0.15) is 0 Å². The monoisotopic (exact) mass is 468 g/mol. The summed E-state index contributed by atoms with van der Waals surface area (Å²) in [5, 5.41) is -1.01. The highest BCUT2D eigenvalue weighted by atomic mass is 32.2. The van der Waals surface area contributed by atoms with E-state index in [9.17, 15) is 21.2 Å². The van der Waals surface area contributed by atoms with Crippen LogP contribution >= 0.6 is 0 Å². The van der Waals surface area contributed by atoms with E-state index in [0.29, 0.717) is 31.9 Å². The summed E-state index contributed by atoms with van der Waals surface area (Å²) in [5.41, 5.74) is 0.891. The topological polar surface area (TPSA) is 84.0 Å². The van der Waals surface area contributed by atoms with E-state index in [1.165, 1.54) is 31.4 Å². The summed E-state index contributed by atoms with van der Waals surface area (Å²) in [5.74, 6) is -0.301. The average molecular weight is 469 g/mol. The Morgan fingerprint density at radius 3 is 2.13 bits per heavy atom. The smallest absolute Gasteiger partial charge is 0.183 e. The fraction of sp³-hybridized carbons (Fsp3) is 0.429. The molecule has 2 aliphatic rings. The summed E-state index contributed by atoms with van der Waals surface area (Å²) in [6.45, 7) is 2.29. The van der Waals surface area contributed by atoms with Crippen LogP contribution in [0.15, 0.2) is 53.4 Å². The Morgan fingerprint density at radius 2 is 1.55 bits per heavy atom. The molecule has 0 amide bonds. The van der Waals surface area contributed by atoms with Crippen molar-refractivity contribution in [2.75, 3.05) is 49.7 Å². The van der Waals surface area contributed by atoms with Crippen molar-refractivity contribution in [3.8, 4) is 5.75 Å². The zero-order chi connectivity index (χ0) is 22.2. The molecule has 2 fully saturated rings. The highest BCUT2D eigenvalue weighted by Gasteiger charge is 2.48. The van der Waals surface area contributed by atoms with E-state index in [0.717, 1.165) is 5.69 Å². The third-order valence-electron chi connectivity index (χ3n) is 6.03. The highest BCUT2D eigenvalue weighted by Crippen LogP contribution is 2.31. The molecule has 0 bridgehead atoms. The first-order chi connectivity index (χ1) is 14.7. The number of hydrogen-bond acceptors (Lipinski definition) is 7. The van der Waals surface area contributed by atoms with E-state index in [1.54, 1.807) is 24.3 Å². The van der Waals surface area contributed by atoms with Crippen LogP contribution in [0.25, 0.3) is 0 Å². The Labute approximate surface area is 182 Å². The molecule has 2 saturated heterocycles. The molecule has 0 aromatic heterocycles. The van der Waals surface area contributed by atoms with E-state index >= 15 is 0 Å². The summed E-state index contributed by atoms with van der Waals surface area (Å²) in [7, 11) is -5.81. The highest BCUT2D eigenvalue weighted by molar-refractivity contribution is 7.96. The molecule has 0 radical (unpaired) electrons. The summed E-state index contributed by atoms with van der Waals surface area (Å²) < 4.78 is 69.8. The predicted octanol–water partition coefficient (Wildman–Crippen LogP) is 1.60. The van der Waals surface area contributed by atoms with Crippen molar-refractivity contribution < 1.29 is 26.0 Å². The minimum Gasteiger partial charge on any atom is -0.497 e. The first kappa shape index (κ1) is 22.0. The van der Waals surface area contributed by atoms with Crippen molar-refractivity contribution in [2.24, 2.45) is 0 Å². The van der Waals surface area contributed by atoms with Gasteiger partial charge in [-0.1, -0.05) is 0 Å². The van der Waals surface area contributed by atoms with Crippen LogP contribution in [-0.4, -0.2) is 77.8 Å². The number of hydrogen-bond donors (Lipinski definition) is 0. The van der Waals surface area contributed by atoms with E-state index in [1.807, 2.05) is 4.90 Å². The molecule has 2 aliphatic heterocycles. The first-order valence-electron chi connectivity index (χ1n) is 10.0. The fourth-order valence-corrected chi connectivity index (χ4v) is 9.17. The first-order valence-corrected chi connectivity index (χ1v) is 13.4. The standard InChI is InChI=1S/C21H25FN2O5S2/c1-29-18-6-8-19(9-7-18)31(27,28)21-15-30(25,26)14-20(21)24-12-10-23(11-13-24)17-4-2-16(22)3-5-17/h2-9,20-21H,10-15H2,1H3/t20-,21-/m0/s1. The van der Waals surface area contributed by atoms with Crippen LogP contribution in [0.2, 0.25) is 0 Å². The molecule has 0 N–H and O–H groups in total. The van der Waals surface area contributed by atoms with Gasteiger partial charge in [0.2, 0.25) is 0 Å². The molecule has 7 nitrogen and oxygen atoms in total. The number of sulfone groups is 2. The maximum atomic E-state index is 13.3. The van der Waals surface area contributed by atoms with Crippen molar-refractivity contribution in [1.82, 2.24) is 4.90 Å². The maximum absolute atomic E-state index is 13.3. The Balaban J connectivity index is 1.53. The summed E-state index contributed by atoms with van der Waals surface area (Å²) >= 11 is 0. The molecule has 10 heteroatoms. The van der Waals surface area contributed by atoms with Crippen molar-refractivity contribution in [1.29, 1.82) is 0 Å². The number of anilines is 1. The largest absolute Gasteiger partial charge is 0.497 e. The third-order valence-corrected chi connectivity index (χ3v) is 10.2. The number of halogens is 1. The molecule has 31 heavy (non-hydrogen) atoms. The van der Waals surface area contributed by atoms with Crippen molar-refractivity contribution in [3.63, 3.8) is 0 Å². The third kappa shape index (κ3) is 4.56. The second kappa shape index (κ2) is 8.40. The van der Waals surface area contributed by atoms with Gasteiger partial charge in [-0.25, -0.2) is 21.2 Å². The van der Waals surface area contributed by atoms with E-state index in [4.69, 9.17) is 4.74 Å². The van der Waals surface area contributed by atoms with E-state index < -0.39 is 31.0 Å². The Morgan fingerprint density at radius 1 is 0.935 bits per heavy atom. The second-order valence-electron chi connectivity index (χ2n) is 7.90. The lowest BCUT2D eigenvalue weighted by Crippen LogP contribution is -2.55. The van der Waals surface area contributed by atoms with E-state index in [-0.39, 0.29) is 22.2 Å². The van der Waals surface area contributed by atoms with Gasteiger partial charge in [0, 0.05) is 37.9 Å². The molecule has 168 valence electrons. The van der Waals surface area contributed by atoms with Gasteiger partial charge in [-0.3, -0.25) is 4.90 Å². The van der Waals surface area contributed by atoms with Crippen molar-refractivity contribution >= 4 is 25.4 Å². The van der Waals surface area contributed by atoms with Gasteiger partial charge in [-0.05, 0) is 48.5 Å². The van der Waals surface area contributed by atoms with Gasteiger partial charge in [0.25, 0.3) is 0 Å². The summed E-state index contributed by atoms with van der Waals surface area (Å²) in [4.78, 5) is 4.16. The molecule has 2 aromatic carbocycles. The molecule has 4 rings (SSSR count). The Bertz CT molecular complexity index is 1130. The van der Waals surface area contributed by atoms with Gasteiger partial charge >= 0.3 is 0 Å². The van der Waals surface area contributed by atoms with Crippen LogP contribution in [0, 0.1) is 5.82 Å². The van der Waals surface area contributed by atoms with Gasteiger partial charge in [0.15, 0.2) is 19.7 Å². The van der Waals surface area contributed by atoms with Gasteiger partial charge < -0.3 is 9.64 Å². The number of ether oxygens (including phenoxy) is 1. The van der Waals surface area contributed by atoms with Crippen LogP contribution in [-0.2, 0) is 19.7 Å². The molecule has 0 aliphatic carbocycles. The minimum atomic E-state index is -3.84. The minimum absolute atomic E-state index is 0.102. The molecule has 0 saturated carbocycles. The van der Waals surface area contributed by atoms with Crippen LogP contribution in [0.1, 0.15) is 0 Å². The van der Waals surface area contributed by atoms with Crippen molar-refractivity contribution in [2.45, 2.75) is 16.2 Å². The number of benzene rings is 2. The lowest BCUT2D eigenvalue weighted by atomic mass is 10.1. The fourth-order valence-electron chi connectivity index (χ4n) is 4.34. The summed E-state index contributed by atoms with van der Waals surface area (Å²) in [6, 6.07) is 11.7. The maximum Gasteiger partial charge on any atom is 0.183 e. The Hall–Kier alpha value is -2.17. The number of piperazine rings is 1. The molecule has 2 heterocycles. The Kier molecular flexibility index (Phi) is 5.97. The van der Waals surface area contributed by atoms with Crippen molar-refractivity contribution in [3.05, 3.63) is 54.3 Å². The lowest BCUT2D eigenvalue weighted by Gasteiger charge is -2.40. The van der Waals surface area contributed by atoms with Crippen LogP contribution < -0.4 is 9.64 Å². The predicted molar refractivity (Wildman–Crippen MR) is 117 cm³/mol. The molecular weight excluding hydrogens is 443 g/mol. The SMILES string of the molecule is COc1ccc(S(=O)(=O)[C@H]2CS(=O)(=O)C[C@@H]2N2CCN(c3ccc(F)cc3)CC2)cc1. The van der Waals surface area contributed by atoms with Crippen LogP contribution in [0.3, 0.4) is 0 Å². The summed E-state index contributed by atoms with van der Waals surface area (Å²) in [6.07, 6.45) is 0. The normalized spacial score (nSPS) is 24.3. The number of nitrogens with zero attached hydrogens (tertiary/aromatic N) is 2. The average Bonchev–Trinajstić information content (AvgIpc) is 3.11. The molecule has 0 spiro atoms. The van der Waals surface area contributed by atoms with Gasteiger partial charge in [-0.15, -0.1) is 0 Å². The van der Waals surface area contributed by atoms with Gasteiger partial charge in [0.05, 0.1) is 28.8 Å². The molecule has 2 atom stereocenters. The zero-order valence-corrected chi connectivity index (χ0v) is 18.8. The molecule has 2 aromatic rings. The second-order valence-corrected chi connectivity index (χ2v) is 12.2. The number of methoxy groups -OCH3 is 1. The quantitative estimate of drug-likeness (QED) is 0.659. The van der Waals surface area contributed by atoms with Gasteiger partial charge in [0.1, 0.15) is 11.6 Å². The zero-order valence-electron chi connectivity index (χ0n) is 17.1. The lowest BCUT2D eigenvalue weighted by molar-refractivity contribution is 0.201. The molecule has 0 unspecified atom stereocenters. The van der Waals surface area contributed by atoms with Crippen LogP contribution in [0.4, 0.5) is 10.1 Å². The number of rotatable bonds is 5.